The normalized spacial score (nSPS) is 10.2. The number of rotatable bonds is 0. The molecule has 0 saturated carbocycles. The Kier molecular flexibility index (Phi) is 1.51. The monoisotopic (exact) mass is 159 g/mol. The molecular formula is C10H7S-. The molecule has 0 aliphatic rings. The van der Waals surface area contributed by atoms with Gasteiger partial charge in [-0.1, -0.05) is 42.5 Å². The van der Waals surface area contributed by atoms with E-state index in [0.29, 0.717) is 0 Å². The van der Waals surface area contributed by atoms with Gasteiger partial charge >= 0.3 is 0 Å². The fourth-order valence-electron chi connectivity index (χ4n) is 1.17. The highest BCUT2D eigenvalue weighted by atomic mass is 32.1. The molecule has 0 N–H and O–H groups in total. The number of hydrogen-bond donors (Lipinski definition) is 0. The summed E-state index contributed by atoms with van der Waals surface area (Å²) in [5, 5.41) is 2.47. The van der Waals surface area contributed by atoms with Crippen molar-refractivity contribution in [3.05, 3.63) is 42.5 Å². The highest BCUT2D eigenvalue weighted by molar-refractivity contribution is 7.58. The van der Waals surface area contributed by atoms with Crippen LogP contribution in [0.15, 0.2) is 47.4 Å². The van der Waals surface area contributed by atoms with Gasteiger partial charge in [-0.25, -0.2) is 0 Å². The predicted octanol–water partition coefficient (Wildman–Crippen LogP) is 2.75. The third-order valence-electron chi connectivity index (χ3n) is 1.72. The summed E-state index contributed by atoms with van der Waals surface area (Å²) in [6, 6.07) is 14.2. The van der Waals surface area contributed by atoms with Crippen LogP contribution in [-0.4, -0.2) is 0 Å². The molecule has 2 rings (SSSR count). The molecule has 0 aromatic heterocycles. The van der Waals surface area contributed by atoms with Crippen LogP contribution in [0, 0.1) is 0 Å². The minimum Gasteiger partial charge on any atom is -0.780 e. The predicted molar refractivity (Wildman–Crippen MR) is 49.6 cm³/mol. The summed E-state index contributed by atoms with van der Waals surface area (Å²) >= 11 is 5.04. The molecule has 0 nitrogen and oxygen atoms in total. The van der Waals surface area contributed by atoms with E-state index in [1.807, 2.05) is 24.3 Å². The first-order chi connectivity index (χ1) is 5.36. The second-order valence-corrected chi connectivity index (χ2v) is 2.98. The second kappa shape index (κ2) is 2.51. The molecule has 0 aliphatic carbocycles. The Labute approximate surface area is 71.3 Å². The average Bonchev–Trinajstić information content (AvgIpc) is 2.04. The van der Waals surface area contributed by atoms with E-state index in [4.69, 9.17) is 12.6 Å². The Morgan fingerprint density at radius 3 is 2.36 bits per heavy atom. The maximum absolute atomic E-state index is 5.04. The molecule has 0 aliphatic heterocycles. The summed E-state index contributed by atoms with van der Waals surface area (Å²) in [6.45, 7) is 0. The zero-order valence-electron chi connectivity index (χ0n) is 5.95. The Hall–Kier alpha value is -1.08. The van der Waals surface area contributed by atoms with Crippen molar-refractivity contribution in [1.29, 1.82) is 0 Å². The Bertz CT molecular complexity index is 379. The van der Waals surface area contributed by atoms with Crippen molar-refractivity contribution in [1.82, 2.24) is 0 Å². The van der Waals surface area contributed by atoms with Crippen LogP contribution in [0.4, 0.5) is 0 Å². The van der Waals surface area contributed by atoms with Crippen molar-refractivity contribution in [2.75, 3.05) is 0 Å². The standard InChI is InChI=1S/C10H8S/c11-10-6-5-8-3-1-2-4-9(8)7-10/h1-7,11H/p-1. The SMILES string of the molecule is [S-]c1ccc2ccccc2c1. The maximum atomic E-state index is 5.04. The molecule has 0 unspecified atom stereocenters. The molecule has 0 spiro atoms. The fourth-order valence-corrected chi connectivity index (χ4v) is 1.36. The summed E-state index contributed by atoms with van der Waals surface area (Å²) in [7, 11) is 0. The molecule has 0 saturated heterocycles. The van der Waals surface area contributed by atoms with Crippen LogP contribution in [0.25, 0.3) is 10.8 Å². The highest BCUT2D eigenvalue weighted by Gasteiger charge is 1.86. The molecular weight excluding hydrogens is 152 g/mol. The van der Waals surface area contributed by atoms with Gasteiger partial charge < -0.3 is 12.6 Å². The summed E-state index contributed by atoms with van der Waals surface area (Å²) in [4.78, 5) is 0.906. The van der Waals surface area contributed by atoms with Gasteiger partial charge in [-0.3, -0.25) is 0 Å². The molecule has 0 radical (unpaired) electrons. The van der Waals surface area contributed by atoms with Crippen LogP contribution in [0.2, 0.25) is 0 Å². The molecule has 0 bridgehead atoms. The first-order valence-electron chi connectivity index (χ1n) is 3.52. The number of fused-ring (bicyclic) bond motifs is 1. The Morgan fingerprint density at radius 2 is 1.55 bits per heavy atom. The van der Waals surface area contributed by atoms with Gasteiger partial charge in [-0.15, -0.1) is 0 Å². The smallest absolute Gasteiger partial charge is 0.0185 e. The van der Waals surface area contributed by atoms with Gasteiger partial charge in [0, 0.05) is 0 Å². The second-order valence-electron chi connectivity index (χ2n) is 2.51. The van der Waals surface area contributed by atoms with Crippen LogP contribution in [0.1, 0.15) is 0 Å². The van der Waals surface area contributed by atoms with Gasteiger partial charge in [-0.2, -0.15) is 4.90 Å². The first-order valence-corrected chi connectivity index (χ1v) is 3.93. The van der Waals surface area contributed by atoms with Crippen molar-refractivity contribution in [2.45, 2.75) is 4.90 Å². The van der Waals surface area contributed by atoms with Crippen LogP contribution < -0.4 is 0 Å². The minimum absolute atomic E-state index is 0.906. The van der Waals surface area contributed by atoms with Crippen molar-refractivity contribution in [2.24, 2.45) is 0 Å². The molecule has 54 valence electrons. The quantitative estimate of drug-likeness (QED) is 0.533. The summed E-state index contributed by atoms with van der Waals surface area (Å²) in [5.41, 5.74) is 0. The molecule has 2 aromatic rings. The van der Waals surface area contributed by atoms with Gasteiger partial charge in [0.1, 0.15) is 0 Å². The molecule has 0 atom stereocenters. The maximum Gasteiger partial charge on any atom is -0.0185 e. The molecule has 0 amide bonds. The van der Waals surface area contributed by atoms with Gasteiger partial charge in [0.15, 0.2) is 0 Å². The van der Waals surface area contributed by atoms with E-state index in [0.717, 1.165) is 4.90 Å². The molecule has 11 heavy (non-hydrogen) atoms. The number of benzene rings is 2. The van der Waals surface area contributed by atoms with E-state index in [9.17, 15) is 0 Å². The third-order valence-corrected chi connectivity index (χ3v) is 1.97. The molecule has 1 heteroatoms. The minimum atomic E-state index is 0.906. The van der Waals surface area contributed by atoms with Crippen LogP contribution >= 0.6 is 0 Å². The van der Waals surface area contributed by atoms with Crippen molar-refractivity contribution < 1.29 is 0 Å². The lowest BCUT2D eigenvalue weighted by Gasteiger charge is -2.05. The van der Waals surface area contributed by atoms with Crippen LogP contribution in [-0.2, 0) is 12.6 Å². The zero-order chi connectivity index (χ0) is 7.68. The van der Waals surface area contributed by atoms with E-state index in [2.05, 4.69) is 18.2 Å². The molecule has 2 aromatic carbocycles. The van der Waals surface area contributed by atoms with E-state index in [1.54, 1.807) is 0 Å². The van der Waals surface area contributed by atoms with Crippen molar-refractivity contribution >= 4 is 23.4 Å². The fraction of sp³-hybridized carbons (Fsp3) is 0. The average molecular weight is 159 g/mol. The van der Waals surface area contributed by atoms with Gasteiger partial charge in [-0.05, 0) is 10.8 Å². The van der Waals surface area contributed by atoms with Crippen molar-refractivity contribution in [3.63, 3.8) is 0 Å². The van der Waals surface area contributed by atoms with Crippen molar-refractivity contribution in [3.8, 4) is 0 Å². The van der Waals surface area contributed by atoms with E-state index in [1.165, 1.54) is 10.8 Å². The highest BCUT2D eigenvalue weighted by Crippen LogP contribution is 2.14. The Morgan fingerprint density at radius 1 is 0.818 bits per heavy atom. The first kappa shape index (κ1) is 6.62. The Balaban J connectivity index is 2.83. The molecule has 0 heterocycles. The van der Waals surface area contributed by atoms with Gasteiger partial charge in [0.25, 0.3) is 0 Å². The molecule has 0 fully saturated rings. The largest absolute Gasteiger partial charge is 0.780 e. The van der Waals surface area contributed by atoms with Gasteiger partial charge in [0.2, 0.25) is 0 Å². The zero-order valence-corrected chi connectivity index (χ0v) is 6.77. The number of hydrogen-bond acceptors (Lipinski definition) is 1. The summed E-state index contributed by atoms with van der Waals surface area (Å²) < 4.78 is 0. The summed E-state index contributed by atoms with van der Waals surface area (Å²) in [6.07, 6.45) is 0. The lowest BCUT2D eigenvalue weighted by molar-refractivity contribution is 1.52. The van der Waals surface area contributed by atoms with Crippen LogP contribution in [0.3, 0.4) is 0 Å². The lowest BCUT2D eigenvalue weighted by Crippen LogP contribution is -1.72. The van der Waals surface area contributed by atoms with Gasteiger partial charge in [0.05, 0.1) is 0 Å². The van der Waals surface area contributed by atoms with E-state index >= 15 is 0 Å². The van der Waals surface area contributed by atoms with Crippen LogP contribution in [0.5, 0.6) is 0 Å². The third kappa shape index (κ3) is 1.19. The lowest BCUT2D eigenvalue weighted by atomic mass is 10.1. The van der Waals surface area contributed by atoms with E-state index in [-0.39, 0.29) is 0 Å². The topological polar surface area (TPSA) is 0 Å². The summed E-state index contributed by atoms with van der Waals surface area (Å²) in [5.74, 6) is 0. The van der Waals surface area contributed by atoms with E-state index < -0.39 is 0 Å².